The van der Waals surface area contributed by atoms with Gasteiger partial charge >= 0.3 is 7.60 Å². The van der Waals surface area contributed by atoms with Crippen molar-refractivity contribution < 1.29 is 18.4 Å². The molecule has 8 heteroatoms. The molecule has 0 unspecified atom stereocenters. The van der Waals surface area contributed by atoms with Gasteiger partial charge in [-0.15, -0.1) is 11.8 Å². The van der Waals surface area contributed by atoms with Gasteiger partial charge in [0.25, 0.3) is 0 Å². The summed E-state index contributed by atoms with van der Waals surface area (Å²) in [4.78, 5) is 13.4. The monoisotopic (exact) mass is 306 g/mol. The van der Waals surface area contributed by atoms with Crippen LogP contribution in [0.5, 0.6) is 0 Å². The third-order valence-corrected chi connectivity index (χ3v) is 6.78. The van der Waals surface area contributed by atoms with Crippen LogP contribution < -0.4 is 5.73 Å². The summed E-state index contributed by atoms with van der Waals surface area (Å²) in [6.07, 6.45) is 0. The molecule has 1 fully saturated rings. The Bertz CT molecular complexity index is 458. The van der Waals surface area contributed by atoms with E-state index in [1.54, 1.807) is 25.6 Å². The molecule has 0 aromatic rings. The SMILES string of the molecule is CCOP(=O)(OCC)C1=C(C)CS[C@H]2[C@H](N)C(=O)N12. The van der Waals surface area contributed by atoms with Crippen LogP contribution >= 0.6 is 19.4 Å². The lowest BCUT2D eigenvalue weighted by Gasteiger charge is -2.49. The highest BCUT2D eigenvalue weighted by atomic mass is 32.2. The van der Waals surface area contributed by atoms with Crippen LogP contribution in [0.3, 0.4) is 0 Å². The van der Waals surface area contributed by atoms with Crippen LogP contribution in [0.1, 0.15) is 20.8 Å². The second kappa shape index (κ2) is 5.58. The predicted molar refractivity (Wildman–Crippen MR) is 74.6 cm³/mol. The van der Waals surface area contributed by atoms with Gasteiger partial charge in [0.1, 0.15) is 16.9 Å². The van der Waals surface area contributed by atoms with Crippen LogP contribution in [0.4, 0.5) is 0 Å². The van der Waals surface area contributed by atoms with Gasteiger partial charge in [-0.2, -0.15) is 0 Å². The molecule has 6 nitrogen and oxygen atoms in total. The van der Waals surface area contributed by atoms with Gasteiger partial charge in [-0.25, -0.2) is 0 Å². The fourth-order valence-electron chi connectivity index (χ4n) is 2.24. The molecule has 0 bridgehead atoms. The Hall–Kier alpha value is -0.330. The third-order valence-electron chi connectivity index (χ3n) is 3.02. The van der Waals surface area contributed by atoms with Crippen LogP contribution in [0.2, 0.25) is 0 Å². The molecule has 2 heterocycles. The first-order chi connectivity index (χ1) is 8.96. The van der Waals surface area contributed by atoms with Gasteiger partial charge < -0.3 is 14.8 Å². The maximum absolute atomic E-state index is 12.9. The zero-order chi connectivity index (χ0) is 14.2. The molecule has 0 saturated carbocycles. The Balaban J connectivity index is 2.39. The first-order valence-electron chi connectivity index (χ1n) is 6.26. The fraction of sp³-hybridized carbons (Fsp3) is 0.727. The van der Waals surface area contributed by atoms with E-state index in [-0.39, 0.29) is 24.5 Å². The van der Waals surface area contributed by atoms with Crippen molar-refractivity contribution in [3.05, 3.63) is 11.0 Å². The van der Waals surface area contributed by atoms with Crippen molar-refractivity contribution >= 4 is 25.3 Å². The Kier molecular flexibility index (Phi) is 4.42. The summed E-state index contributed by atoms with van der Waals surface area (Å²) in [5.74, 6) is 0.466. The van der Waals surface area contributed by atoms with Gasteiger partial charge in [-0.05, 0) is 26.3 Å². The van der Waals surface area contributed by atoms with Crippen LogP contribution in [0, 0.1) is 0 Å². The van der Waals surface area contributed by atoms with Crippen molar-refractivity contribution in [2.45, 2.75) is 32.2 Å². The molecule has 19 heavy (non-hydrogen) atoms. The summed E-state index contributed by atoms with van der Waals surface area (Å²) in [5, 5.41) is -0.152. The summed E-state index contributed by atoms with van der Waals surface area (Å²) in [6.45, 7) is 5.88. The lowest BCUT2D eigenvalue weighted by atomic mass is 10.1. The number of carbonyl (C=O) groups is 1. The van der Waals surface area contributed by atoms with E-state index in [2.05, 4.69) is 0 Å². The van der Waals surface area contributed by atoms with Crippen molar-refractivity contribution in [3.8, 4) is 0 Å². The van der Waals surface area contributed by atoms with Crippen molar-refractivity contribution in [1.82, 2.24) is 4.90 Å². The lowest BCUT2D eigenvalue weighted by molar-refractivity contribution is -0.140. The standard InChI is InChI=1S/C11H19N2O4PS/c1-4-16-18(15,17-5-2)10-7(3)6-19-11-8(12)9(14)13(10)11/h8,11H,4-6,12H2,1-3H3/t8-,11+/m1/s1. The smallest absolute Gasteiger partial charge is 0.317 e. The first kappa shape index (κ1) is 15.1. The second-order valence-electron chi connectivity index (χ2n) is 4.37. The zero-order valence-corrected chi connectivity index (χ0v) is 13.0. The van der Waals surface area contributed by atoms with E-state index in [9.17, 15) is 9.36 Å². The molecule has 2 aliphatic heterocycles. The summed E-state index contributed by atoms with van der Waals surface area (Å²) in [5.41, 5.74) is 7.02. The summed E-state index contributed by atoms with van der Waals surface area (Å²) in [6, 6.07) is -0.523. The van der Waals surface area contributed by atoms with Gasteiger partial charge in [-0.1, -0.05) is 0 Å². The number of hydrogen-bond donors (Lipinski definition) is 1. The average molecular weight is 306 g/mol. The van der Waals surface area contributed by atoms with Gasteiger partial charge in [0, 0.05) is 5.75 Å². The minimum Gasteiger partial charge on any atom is -0.317 e. The van der Waals surface area contributed by atoms with E-state index in [1.807, 2.05) is 6.92 Å². The van der Waals surface area contributed by atoms with Crippen molar-refractivity contribution in [1.29, 1.82) is 0 Å². The number of nitrogens with two attached hydrogens (primary N) is 1. The normalized spacial score (nSPS) is 27.4. The molecular formula is C11H19N2O4PS. The lowest BCUT2D eigenvalue weighted by Crippen LogP contribution is -2.67. The molecule has 2 N–H and O–H groups in total. The Morgan fingerprint density at radius 3 is 2.53 bits per heavy atom. The fourth-order valence-corrected chi connectivity index (χ4v) is 5.69. The number of thioether (sulfide) groups is 1. The number of rotatable bonds is 5. The largest absolute Gasteiger partial charge is 0.377 e. The van der Waals surface area contributed by atoms with Crippen LogP contribution in [-0.4, -0.2) is 41.2 Å². The average Bonchev–Trinajstić information content (AvgIpc) is 2.37. The number of hydrogen-bond acceptors (Lipinski definition) is 6. The van der Waals surface area contributed by atoms with Gasteiger partial charge in [-0.3, -0.25) is 14.3 Å². The molecule has 1 amide bonds. The maximum atomic E-state index is 12.9. The molecule has 0 aromatic heterocycles. The predicted octanol–water partition coefficient (Wildman–Crippen LogP) is 1.73. The van der Waals surface area contributed by atoms with Crippen molar-refractivity contribution in [3.63, 3.8) is 0 Å². The molecule has 0 spiro atoms. The van der Waals surface area contributed by atoms with Gasteiger partial charge in [0.15, 0.2) is 0 Å². The molecular weight excluding hydrogens is 287 g/mol. The highest BCUT2D eigenvalue weighted by Gasteiger charge is 2.54. The first-order valence-corrected chi connectivity index (χ1v) is 8.85. The topological polar surface area (TPSA) is 81.9 Å². The van der Waals surface area contributed by atoms with E-state index < -0.39 is 13.6 Å². The highest BCUT2D eigenvalue weighted by molar-refractivity contribution is 8.00. The van der Waals surface area contributed by atoms with E-state index in [0.29, 0.717) is 11.2 Å². The van der Waals surface area contributed by atoms with Gasteiger partial charge in [0.2, 0.25) is 5.91 Å². The molecule has 2 aliphatic rings. The van der Waals surface area contributed by atoms with Crippen molar-refractivity contribution in [2.75, 3.05) is 19.0 Å². The Labute approximate surface area is 117 Å². The van der Waals surface area contributed by atoms with Crippen LogP contribution in [-0.2, 0) is 18.4 Å². The maximum Gasteiger partial charge on any atom is 0.377 e. The molecule has 2 rings (SSSR count). The van der Waals surface area contributed by atoms with Gasteiger partial charge in [0.05, 0.1) is 13.2 Å². The van der Waals surface area contributed by atoms with Crippen LogP contribution in [0.15, 0.2) is 11.0 Å². The van der Waals surface area contributed by atoms with Crippen LogP contribution in [0.25, 0.3) is 0 Å². The molecule has 0 aliphatic carbocycles. The second-order valence-corrected chi connectivity index (χ2v) is 7.41. The number of fused-ring (bicyclic) bond motifs is 1. The van der Waals surface area contributed by atoms with E-state index >= 15 is 0 Å². The summed E-state index contributed by atoms with van der Waals surface area (Å²) >= 11 is 1.58. The molecule has 108 valence electrons. The Morgan fingerprint density at radius 2 is 2.00 bits per heavy atom. The summed E-state index contributed by atoms with van der Waals surface area (Å²) in [7, 11) is -3.44. The number of amides is 1. The highest BCUT2D eigenvalue weighted by Crippen LogP contribution is 2.62. The van der Waals surface area contributed by atoms with E-state index in [0.717, 1.165) is 5.57 Å². The minimum atomic E-state index is -3.44. The van der Waals surface area contributed by atoms with E-state index in [1.165, 1.54) is 4.90 Å². The zero-order valence-electron chi connectivity index (χ0n) is 11.3. The number of nitrogens with zero attached hydrogens (tertiary/aromatic N) is 1. The number of β-lactam (4-membered cyclic amide) rings is 1. The molecule has 1 saturated heterocycles. The molecule has 2 atom stereocenters. The molecule has 0 radical (unpaired) electrons. The molecule has 0 aromatic carbocycles. The van der Waals surface area contributed by atoms with E-state index in [4.69, 9.17) is 14.8 Å². The number of carbonyl (C=O) groups excluding carboxylic acids is 1. The summed E-state index contributed by atoms with van der Waals surface area (Å²) < 4.78 is 23.6. The Morgan fingerprint density at radius 1 is 1.42 bits per heavy atom. The minimum absolute atomic E-state index is 0.152. The third kappa shape index (κ3) is 2.38. The van der Waals surface area contributed by atoms with Crippen molar-refractivity contribution in [2.24, 2.45) is 5.73 Å². The quantitative estimate of drug-likeness (QED) is 0.615.